The van der Waals surface area contributed by atoms with Gasteiger partial charge in [-0.15, -0.1) is 10.2 Å². The Kier molecular flexibility index (Phi) is 5.90. The van der Waals surface area contributed by atoms with Crippen LogP contribution in [0.1, 0.15) is 25.3 Å². The van der Waals surface area contributed by atoms with E-state index in [0.29, 0.717) is 40.5 Å². The molecule has 1 aliphatic rings. The van der Waals surface area contributed by atoms with E-state index < -0.39 is 0 Å². The van der Waals surface area contributed by atoms with Gasteiger partial charge in [0.15, 0.2) is 0 Å². The fourth-order valence-corrected chi connectivity index (χ4v) is 4.12. The molecule has 0 saturated carbocycles. The van der Waals surface area contributed by atoms with Gasteiger partial charge in [-0.05, 0) is 51.7 Å². The molecule has 0 aliphatic carbocycles. The van der Waals surface area contributed by atoms with Gasteiger partial charge in [0.25, 0.3) is 11.8 Å². The topological polar surface area (TPSA) is 88.3 Å². The monoisotopic (exact) mass is 458 g/mol. The first-order valence-electron chi connectivity index (χ1n) is 11.3. The number of aryl methyl sites for hydroxylation is 1. The Morgan fingerprint density at radius 1 is 1.03 bits per heavy atom. The van der Waals surface area contributed by atoms with Gasteiger partial charge in [0, 0.05) is 38.7 Å². The molecule has 1 amide bonds. The minimum atomic E-state index is 0. The molecule has 0 unspecified atom stereocenters. The zero-order valence-corrected chi connectivity index (χ0v) is 19.5. The van der Waals surface area contributed by atoms with E-state index in [1.165, 1.54) is 0 Å². The number of amides is 1. The van der Waals surface area contributed by atoms with Crippen LogP contribution in [-0.4, -0.2) is 69.1 Å². The standard InChI is InChI=1S/C26H26N6O2.2H2/c1-17-23(25-30-29-24(34-25)19-7-5-4-6-8-19)28-22(15-27-17)18-9-11-20(12-10-18)26(33)32-14-13-21(16-32)31(2)3;;/h4-12,15,21H,13-14,16H2,1-3H3;2*1H/t21-;;/m1../s1. The molecule has 0 radical (unpaired) electrons. The summed E-state index contributed by atoms with van der Waals surface area (Å²) in [5.74, 6) is 0.816. The number of rotatable bonds is 5. The summed E-state index contributed by atoms with van der Waals surface area (Å²) in [5, 5.41) is 8.35. The number of likely N-dealkylation sites (tertiary alicyclic amines) is 1. The number of nitrogens with zero attached hydrogens (tertiary/aromatic N) is 6. The van der Waals surface area contributed by atoms with Gasteiger partial charge < -0.3 is 14.2 Å². The second-order valence-corrected chi connectivity index (χ2v) is 8.70. The number of benzene rings is 2. The molecular formula is C26H30N6O2. The fraction of sp³-hybridized carbons (Fsp3) is 0.269. The highest BCUT2D eigenvalue weighted by Crippen LogP contribution is 2.27. The Hall–Kier alpha value is -3.91. The van der Waals surface area contributed by atoms with Crippen LogP contribution in [0.25, 0.3) is 34.3 Å². The van der Waals surface area contributed by atoms with E-state index in [1.807, 2.05) is 66.4 Å². The molecule has 0 spiro atoms. The van der Waals surface area contributed by atoms with E-state index >= 15 is 0 Å². The van der Waals surface area contributed by atoms with Crippen molar-refractivity contribution in [2.24, 2.45) is 0 Å². The predicted molar refractivity (Wildman–Crippen MR) is 133 cm³/mol. The summed E-state index contributed by atoms with van der Waals surface area (Å²) < 4.78 is 5.88. The van der Waals surface area contributed by atoms with Crippen molar-refractivity contribution >= 4 is 5.91 Å². The molecule has 176 valence electrons. The molecule has 5 rings (SSSR count). The molecule has 8 heteroatoms. The van der Waals surface area contributed by atoms with E-state index in [1.54, 1.807) is 6.20 Å². The van der Waals surface area contributed by atoms with Gasteiger partial charge in [-0.1, -0.05) is 30.3 Å². The number of carbonyl (C=O) groups is 1. The second-order valence-electron chi connectivity index (χ2n) is 8.70. The van der Waals surface area contributed by atoms with Gasteiger partial charge in [-0.2, -0.15) is 0 Å². The van der Waals surface area contributed by atoms with Crippen LogP contribution in [0, 0.1) is 6.92 Å². The zero-order chi connectivity index (χ0) is 23.7. The zero-order valence-electron chi connectivity index (χ0n) is 19.5. The van der Waals surface area contributed by atoms with Crippen LogP contribution in [0.4, 0.5) is 0 Å². The second kappa shape index (κ2) is 9.15. The van der Waals surface area contributed by atoms with E-state index in [4.69, 9.17) is 9.40 Å². The van der Waals surface area contributed by atoms with Crippen LogP contribution >= 0.6 is 0 Å². The van der Waals surface area contributed by atoms with Crippen LogP contribution in [-0.2, 0) is 0 Å². The predicted octanol–water partition coefficient (Wildman–Crippen LogP) is 4.44. The fourth-order valence-electron chi connectivity index (χ4n) is 4.12. The number of likely N-dealkylation sites (N-methyl/N-ethyl adjacent to an activating group) is 1. The van der Waals surface area contributed by atoms with Gasteiger partial charge in [-0.25, -0.2) is 4.98 Å². The Morgan fingerprint density at radius 3 is 2.47 bits per heavy atom. The first-order chi connectivity index (χ1) is 16.5. The summed E-state index contributed by atoms with van der Waals surface area (Å²) >= 11 is 0. The van der Waals surface area contributed by atoms with Crippen molar-refractivity contribution in [3.05, 3.63) is 72.1 Å². The molecule has 0 N–H and O–H groups in total. The summed E-state index contributed by atoms with van der Waals surface area (Å²) in [5.41, 5.74) is 4.29. The van der Waals surface area contributed by atoms with E-state index in [9.17, 15) is 4.79 Å². The molecule has 1 atom stereocenters. The lowest BCUT2D eigenvalue weighted by Crippen LogP contribution is -2.34. The average Bonchev–Trinajstić information content (AvgIpc) is 3.55. The van der Waals surface area contributed by atoms with Crippen LogP contribution in [0.5, 0.6) is 0 Å². The van der Waals surface area contributed by atoms with Crippen LogP contribution in [0.3, 0.4) is 0 Å². The molecule has 1 saturated heterocycles. The molecule has 1 aliphatic heterocycles. The largest absolute Gasteiger partial charge is 0.415 e. The van der Waals surface area contributed by atoms with Gasteiger partial charge in [0.2, 0.25) is 5.89 Å². The van der Waals surface area contributed by atoms with Gasteiger partial charge in [0.1, 0.15) is 5.69 Å². The maximum Gasteiger partial charge on any atom is 0.268 e. The maximum atomic E-state index is 12.9. The van der Waals surface area contributed by atoms with E-state index in [-0.39, 0.29) is 8.76 Å². The molecular weight excluding hydrogens is 428 g/mol. The molecule has 4 aromatic rings. The van der Waals surface area contributed by atoms with Crippen molar-refractivity contribution in [1.82, 2.24) is 30.0 Å². The molecule has 2 aromatic carbocycles. The van der Waals surface area contributed by atoms with Gasteiger partial charge in [0.05, 0.1) is 17.6 Å². The Balaban J connectivity index is 0.00000180. The SMILES string of the molecule is Cc1ncc(-c2ccc(C(=O)N3CC[C@@H](N(C)C)C3)cc2)nc1-c1nnc(-c2ccccc2)o1.[HH].[HH]. The smallest absolute Gasteiger partial charge is 0.268 e. The van der Waals surface area contributed by atoms with Gasteiger partial charge >= 0.3 is 0 Å². The normalized spacial score (nSPS) is 15.8. The third-order valence-corrected chi connectivity index (χ3v) is 6.21. The van der Waals surface area contributed by atoms with Crippen molar-refractivity contribution in [3.63, 3.8) is 0 Å². The first-order valence-corrected chi connectivity index (χ1v) is 11.3. The maximum absolute atomic E-state index is 12.9. The molecule has 2 aromatic heterocycles. The molecule has 0 bridgehead atoms. The van der Waals surface area contributed by atoms with E-state index in [0.717, 1.165) is 30.6 Å². The van der Waals surface area contributed by atoms with Gasteiger partial charge in [-0.3, -0.25) is 9.78 Å². The summed E-state index contributed by atoms with van der Waals surface area (Å²) in [7, 11) is 4.11. The minimum Gasteiger partial charge on any atom is -0.415 e. The van der Waals surface area contributed by atoms with Crippen molar-refractivity contribution in [2.45, 2.75) is 19.4 Å². The molecule has 3 heterocycles. The number of hydrogen-bond acceptors (Lipinski definition) is 7. The molecule has 34 heavy (non-hydrogen) atoms. The number of hydrogen-bond donors (Lipinski definition) is 0. The Morgan fingerprint density at radius 2 is 1.76 bits per heavy atom. The summed E-state index contributed by atoms with van der Waals surface area (Å²) in [6.45, 7) is 3.40. The van der Waals surface area contributed by atoms with Crippen molar-refractivity contribution in [2.75, 3.05) is 27.2 Å². The highest BCUT2D eigenvalue weighted by molar-refractivity contribution is 5.94. The summed E-state index contributed by atoms with van der Waals surface area (Å²) in [6.07, 6.45) is 2.71. The lowest BCUT2D eigenvalue weighted by atomic mass is 10.1. The van der Waals surface area contributed by atoms with E-state index in [2.05, 4.69) is 34.2 Å². The average molecular weight is 459 g/mol. The van der Waals surface area contributed by atoms with Crippen molar-refractivity contribution < 1.29 is 12.1 Å². The highest BCUT2D eigenvalue weighted by atomic mass is 16.4. The lowest BCUT2D eigenvalue weighted by molar-refractivity contribution is 0.0783. The summed E-state index contributed by atoms with van der Waals surface area (Å²) in [4.78, 5) is 26.2. The number of aromatic nitrogens is 4. The van der Waals surface area contributed by atoms with Crippen molar-refractivity contribution in [1.29, 1.82) is 0 Å². The number of carbonyl (C=O) groups excluding carboxylic acids is 1. The molecule has 8 nitrogen and oxygen atoms in total. The Bertz CT molecular complexity index is 1310. The lowest BCUT2D eigenvalue weighted by Gasteiger charge is -2.20. The van der Waals surface area contributed by atoms with Crippen molar-refractivity contribution in [3.8, 4) is 34.3 Å². The summed E-state index contributed by atoms with van der Waals surface area (Å²) in [6, 6.07) is 17.5. The van der Waals surface area contributed by atoms with Crippen LogP contribution in [0.2, 0.25) is 0 Å². The van der Waals surface area contributed by atoms with Crippen LogP contribution < -0.4 is 0 Å². The first kappa shape index (κ1) is 21.9. The van der Waals surface area contributed by atoms with Crippen LogP contribution in [0.15, 0.2) is 65.2 Å². The molecule has 1 fully saturated rings. The quantitative estimate of drug-likeness (QED) is 0.437. The minimum absolute atomic E-state index is 0. The Labute approximate surface area is 201 Å². The third kappa shape index (κ3) is 4.32. The highest BCUT2D eigenvalue weighted by Gasteiger charge is 2.28. The third-order valence-electron chi connectivity index (χ3n) is 6.21.